The highest BCUT2D eigenvalue weighted by atomic mass is 35.5. The van der Waals surface area contributed by atoms with E-state index in [0.717, 1.165) is 16.9 Å². The maximum Gasteiger partial charge on any atom is 0.348 e. The molecule has 1 amide bonds. The van der Waals surface area contributed by atoms with Crippen molar-refractivity contribution in [3.8, 4) is 0 Å². The van der Waals surface area contributed by atoms with Crippen molar-refractivity contribution in [2.75, 3.05) is 6.61 Å². The van der Waals surface area contributed by atoms with E-state index in [1.807, 2.05) is 19.1 Å². The van der Waals surface area contributed by atoms with Crippen LogP contribution in [0.4, 0.5) is 0 Å². The first kappa shape index (κ1) is 16.8. The van der Waals surface area contributed by atoms with Gasteiger partial charge in [-0.15, -0.1) is 11.3 Å². The van der Waals surface area contributed by atoms with Gasteiger partial charge in [0.2, 0.25) is 0 Å². The Balaban J connectivity index is 1.82. The Morgan fingerprint density at radius 2 is 1.86 bits per heavy atom. The van der Waals surface area contributed by atoms with Crippen molar-refractivity contribution < 1.29 is 14.3 Å². The standard InChI is InChI=1S/C15H13Cl2NO3S/c1-9(10-2-4-11(16)5-3-10)18-14(19)8-21-15(20)12-6-7-13(17)22-12/h2-7,9H,8H2,1H3,(H,18,19)/t9-/m1/s1. The van der Waals surface area contributed by atoms with E-state index in [4.69, 9.17) is 27.9 Å². The number of hydrogen-bond acceptors (Lipinski definition) is 4. The fourth-order valence-electron chi connectivity index (χ4n) is 1.74. The maximum absolute atomic E-state index is 11.8. The Bertz CT molecular complexity index is 670. The minimum Gasteiger partial charge on any atom is -0.451 e. The topological polar surface area (TPSA) is 55.4 Å². The van der Waals surface area contributed by atoms with E-state index in [0.29, 0.717) is 14.2 Å². The van der Waals surface area contributed by atoms with Crippen LogP contribution in [-0.2, 0) is 9.53 Å². The summed E-state index contributed by atoms with van der Waals surface area (Å²) >= 11 is 12.7. The molecule has 116 valence electrons. The van der Waals surface area contributed by atoms with Crippen LogP contribution in [0.1, 0.15) is 28.2 Å². The Morgan fingerprint density at radius 1 is 1.18 bits per heavy atom. The third-order valence-electron chi connectivity index (χ3n) is 2.86. The van der Waals surface area contributed by atoms with Gasteiger partial charge in [0.1, 0.15) is 4.88 Å². The summed E-state index contributed by atoms with van der Waals surface area (Å²) in [6.45, 7) is 1.49. The molecule has 1 aromatic heterocycles. The molecule has 0 saturated heterocycles. The van der Waals surface area contributed by atoms with Gasteiger partial charge in [-0.3, -0.25) is 4.79 Å². The van der Waals surface area contributed by atoms with Gasteiger partial charge in [-0.25, -0.2) is 4.79 Å². The van der Waals surface area contributed by atoms with Gasteiger partial charge in [-0.1, -0.05) is 35.3 Å². The van der Waals surface area contributed by atoms with Gasteiger partial charge >= 0.3 is 5.97 Å². The number of rotatable bonds is 5. The number of carbonyl (C=O) groups excluding carboxylic acids is 2. The van der Waals surface area contributed by atoms with Crippen molar-refractivity contribution in [2.24, 2.45) is 0 Å². The number of benzene rings is 1. The molecule has 1 atom stereocenters. The SMILES string of the molecule is C[C@@H](NC(=O)COC(=O)c1ccc(Cl)s1)c1ccc(Cl)cc1. The van der Waals surface area contributed by atoms with E-state index in [1.54, 1.807) is 24.3 Å². The molecule has 1 aromatic carbocycles. The quantitative estimate of drug-likeness (QED) is 0.819. The third-order valence-corrected chi connectivity index (χ3v) is 4.32. The fourth-order valence-corrected chi connectivity index (χ4v) is 2.81. The summed E-state index contributed by atoms with van der Waals surface area (Å²) in [4.78, 5) is 23.9. The highest BCUT2D eigenvalue weighted by Crippen LogP contribution is 2.22. The number of thiophene rings is 1. The first-order valence-corrected chi connectivity index (χ1v) is 8.00. The molecule has 0 aliphatic carbocycles. The highest BCUT2D eigenvalue weighted by Gasteiger charge is 2.14. The number of nitrogens with one attached hydrogen (secondary N) is 1. The molecule has 0 fully saturated rings. The summed E-state index contributed by atoms with van der Waals surface area (Å²) in [7, 11) is 0. The first-order chi connectivity index (χ1) is 10.5. The van der Waals surface area contributed by atoms with Crippen molar-refractivity contribution in [1.29, 1.82) is 0 Å². The monoisotopic (exact) mass is 357 g/mol. The average molecular weight is 358 g/mol. The van der Waals surface area contributed by atoms with Gasteiger partial charge in [0.25, 0.3) is 5.91 Å². The number of ether oxygens (including phenoxy) is 1. The molecule has 1 heterocycles. The molecule has 0 aliphatic rings. The van der Waals surface area contributed by atoms with Crippen LogP contribution >= 0.6 is 34.5 Å². The van der Waals surface area contributed by atoms with E-state index in [1.165, 1.54) is 0 Å². The van der Waals surface area contributed by atoms with Crippen LogP contribution in [0.3, 0.4) is 0 Å². The molecule has 22 heavy (non-hydrogen) atoms. The van der Waals surface area contributed by atoms with E-state index < -0.39 is 5.97 Å². The summed E-state index contributed by atoms with van der Waals surface area (Å²) in [6, 6.07) is 10.1. The van der Waals surface area contributed by atoms with Crippen molar-refractivity contribution in [3.05, 3.63) is 56.2 Å². The second-order valence-electron chi connectivity index (χ2n) is 4.52. The van der Waals surface area contributed by atoms with Gasteiger partial charge in [0, 0.05) is 5.02 Å². The molecule has 0 unspecified atom stereocenters. The molecule has 2 rings (SSSR count). The molecule has 0 aliphatic heterocycles. The molecule has 4 nitrogen and oxygen atoms in total. The predicted octanol–water partition coefficient (Wildman–Crippen LogP) is 4.09. The minimum absolute atomic E-state index is 0.209. The largest absolute Gasteiger partial charge is 0.451 e. The van der Waals surface area contributed by atoms with Crippen molar-refractivity contribution in [3.63, 3.8) is 0 Å². The molecule has 0 spiro atoms. The predicted molar refractivity (Wildman–Crippen MR) is 87.6 cm³/mol. The van der Waals surface area contributed by atoms with E-state index in [-0.39, 0.29) is 18.6 Å². The Morgan fingerprint density at radius 3 is 2.45 bits per heavy atom. The second kappa shape index (κ2) is 7.63. The molecule has 2 aromatic rings. The normalized spacial score (nSPS) is 11.8. The average Bonchev–Trinajstić information content (AvgIpc) is 2.92. The number of halogens is 2. The summed E-state index contributed by atoms with van der Waals surface area (Å²) in [5, 5.41) is 3.38. The van der Waals surface area contributed by atoms with Crippen LogP contribution in [0, 0.1) is 0 Å². The summed E-state index contributed by atoms with van der Waals surface area (Å²) in [5.74, 6) is -0.940. The molecular weight excluding hydrogens is 345 g/mol. The minimum atomic E-state index is -0.564. The number of amides is 1. The van der Waals surface area contributed by atoms with Gasteiger partial charge in [0.15, 0.2) is 6.61 Å². The first-order valence-electron chi connectivity index (χ1n) is 6.43. The smallest absolute Gasteiger partial charge is 0.348 e. The Kier molecular flexibility index (Phi) is 5.83. The van der Waals surface area contributed by atoms with Crippen LogP contribution in [0.15, 0.2) is 36.4 Å². The number of esters is 1. The zero-order chi connectivity index (χ0) is 16.1. The molecule has 0 saturated carbocycles. The van der Waals surface area contributed by atoms with E-state index in [9.17, 15) is 9.59 Å². The summed E-state index contributed by atoms with van der Waals surface area (Å²) in [6.07, 6.45) is 0. The fraction of sp³-hybridized carbons (Fsp3) is 0.200. The lowest BCUT2D eigenvalue weighted by molar-refractivity contribution is -0.124. The van der Waals surface area contributed by atoms with Gasteiger partial charge in [-0.2, -0.15) is 0 Å². The molecule has 0 bridgehead atoms. The zero-order valence-corrected chi connectivity index (χ0v) is 14.0. The Hall–Kier alpha value is -1.56. The Labute approximate surface area is 142 Å². The lowest BCUT2D eigenvalue weighted by Gasteiger charge is -2.14. The lowest BCUT2D eigenvalue weighted by atomic mass is 10.1. The second-order valence-corrected chi connectivity index (χ2v) is 6.67. The number of hydrogen-bond donors (Lipinski definition) is 1. The molecule has 1 N–H and O–H groups in total. The lowest BCUT2D eigenvalue weighted by Crippen LogP contribution is -2.31. The van der Waals surface area contributed by atoms with Crippen LogP contribution in [0.25, 0.3) is 0 Å². The summed E-state index contributed by atoms with van der Waals surface area (Å²) < 4.78 is 5.43. The van der Waals surface area contributed by atoms with Gasteiger partial charge in [0.05, 0.1) is 10.4 Å². The van der Waals surface area contributed by atoms with E-state index in [2.05, 4.69) is 5.32 Å². The third kappa shape index (κ3) is 4.73. The van der Waals surface area contributed by atoms with Crippen molar-refractivity contribution in [1.82, 2.24) is 5.32 Å². The van der Waals surface area contributed by atoms with Crippen LogP contribution < -0.4 is 5.32 Å². The van der Waals surface area contributed by atoms with E-state index >= 15 is 0 Å². The molecule has 0 radical (unpaired) electrons. The van der Waals surface area contributed by atoms with Crippen LogP contribution in [-0.4, -0.2) is 18.5 Å². The van der Waals surface area contributed by atoms with Crippen LogP contribution in [0.5, 0.6) is 0 Å². The molecule has 7 heteroatoms. The van der Waals surface area contributed by atoms with Gasteiger partial charge in [-0.05, 0) is 36.8 Å². The number of carbonyl (C=O) groups is 2. The maximum atomic E-state index is 11.8. The zero-order valence-electron chi connectivity index (χ0n) is 11.6. The highest BCUT2D eigenvalue weighted by molar-refractivity contribution is 7.17. The molecular formula is C15H13Cl2NO3S. The summed E-state index contributed by atoms with van der Waals surface area (Å²) in [5.41, 5.74) is 0.911. The van der Waals surface area contributed by atoms with Crippen LogP contribution in [0.2, 0.25) is 9.36 Å². The van der Waals surface area contributed by atoms with Crippen molar-refractivity contribution in [2.45, 2.75) is 13.0 Å². The van der Waals surface area contributed by atoms with Gasteiger partial charge < -0.3 is 10.1 Å². The van der Waals surface area contributed by atoms with Crippen molar-refractivity contribution >= 4 is 46.4 Å².